The lowest BCUT2D eigenvalue weighted by Gasteiger charge is -2.40. The third-order valence-corrected chi connectivity index (χ3v) is 7.73. The minimum atomic E-state index is -0.421. The van der Waals surface area contributed by atoms with E-state index in [9.17, 15) is 10.1 Å². The third-order valence-electron chi connectivity index (χ3n) is 7.48. The fourth-order valence-corrected chi connectivity index (χ4v) is 5.59. The third kappa shape index (κ3) is 4.58. The SMILES string of the molecule is COc1ccc(NC2=Nc3ccccc3N3C2=Nc2c(c(C)nn2-c2ccc([N+](=O)[O-])cc2)C3c2ccc(Cl)cc2)cc1. The number of nitrogens with zero attached hydrogens (tertiary/aromatic N) is 6. The van der Waals surface area contributed by atoms with E-state index in [0.29, 0.717) is 28.2 Å². The summed E-state index contributed by atoms with van der Waals surface area (Å²) >= 11 is 6.31. The Labute approximate surface area is 251 Å². The first kappa shape index (κ1) is 26.4. The molecule has 0 spiro atoms. The van der Waals surface area contributed by atoms with E-state index >= 15 is 0 Å². The minimum Gasteiger partial charge on any atom is -0.497 e. The molecule has 2 aliphatic rings. The molecule has 0 aliphatic carbocycles. The van der Waals surface area contributed by atoms with Crippen molar-refractivity contribution < 1.29 is 9.66 Å². The summed E-state index contributed by atoms with van der Waals surface area (Å²) in [6.45, 7) is 1.95. The van der Waals surface area contributed by atoms with Gasteiger partial charge in [0.1, 0.15) is 5.75 Å². The highest BCUT2D eigenvalue weighted by Gasteiger charge is 2.41. The quantitative estimate of drug-likeness (QED) is 0.167. The number of aromatic nitrogens is 2. The summed E-state index contributed by atoms with van der Waals surface area (Å²) in [5.74, 6) is 2.52. The van der Waals surface area contributed by atoms with Crippen LogP contribution in [0.1, 0.15) is 22.9 Å². The number of benzene rings is 4. The molecule has 10 nitrogen and oxygen atoms in total. The van der Waals surface area contributed by atoms with Gasteiger partial charge in [-0.15, -0.1) is 0 Å². The standard InChI is InChI=1S/C32H24ClN7O3/c1-19-28-29(20-7-9-21(33)10-8-20)38-27-6-4-3-5-26(27)35-30(34-22-11-17-25(43-2)18-12-22)32(38)36-31(28)39(37-19)23-13-15-24(16-14-23)40(41)42/h3-18,29H,1-2H3,(H,34,35). The second-order valence-corrected chi connectivity index (χ2v) is 10.5. The molecule has 0 radical (unpaired) electrons. The van der Waals surface area contributed by atoms with Crippen LogP contribution >= 0.6 is 11.6 Å². The summed E-state index contributed by atoms with van der Waals surface area (Å²) in [5.41, 5.74) is 5.83. The number of rotatable bonds is 5. The van der Waals surface area contributed by atoms with Crippen LogP contribution in [-0.2, 0) is 0 Å². The van der Waals surface area contributed by atoms with Gasteiger partial charge in [-0.1, -0.05) is 35.9 Å². The van der Waals surface area contributed by atoms with Crippen molar-refractivity contribution in [1.82, 2.24) is 9.78 Å². The summed E-state index contributed by atoms with van der Waals surface area (Å²) in [6.07, 6.45) is 0. The van der Waals surface area contributed by atoms with Crippen LogP contribution in [0.2, 0.25) is 5.02 Å². The van der Waals surface area contributed by atoms with Crippen LogP contribution in [0.5, 0.6) is 5.75 Å². The number of ether oxygens (including phenoxy) is 1. The molecule has 1 aromatic heterocycles. The van der Waals surface area contributed by atoms with Crippen LogP contribution in [0, 0.1) is 17.0 Å². The monoisotopic (exact) mass is 589 g/mol. The van der Waals surface area contributed by atoms with Gasteiger partial charge in [-0.3, -0.25) is 10.1 Å². The number of amidine groups is 2. The number of hydrogen-bond acceptors (Lipinski definition) is 8. The molecule has 7 rings (SSSR count). The Hall–Kier alpha value is -5.48. The average molecular weight is 590 g/mol. The fourth-order valence-electron chi connectivity index (χ4n) is 5.46. The molecule has 4 aromatic carbocycles. The number of nitrogens with one attached hydrogen (secondary N) is 1. The summed E-state index contributed by atoms with van der Waals surface area (Å²) < 4.78 is 7.06. The van der Waals surface area contributed by atoms with E-state index in [0.717, 1.165) is 39.6 Å². The molecule has 43 heavy (non-hydrogen) atoms. The maximum Gasteiger partial charge on any atom is 0.269 e. The number of aryl methyl sites for hydroxylation is 1. The molecule has 2 aliphatic heterocycles. The van der Waals surface area contributed by atoms with E-state index in [2.05, 4.69) is 10.2 Å². The Morgan fingerprint density at radius 2 is 1.65 bits per heavy atom. The van der Waals surface area contributed by atoms with Crippen molar-refractivity contribution in [2.24, 2.45) is 9.98 Å². The zero-order valence-corrected chi connectivity index (χ0v) is 23.9. The zero-order valence-electron chi connectivity index (χ0n) is 23.1. The first-order chi connectivity index (χ1) is 20.9. The Morgan fingerprint density at radius 3 is 2.35 bits per heavy atom. The number of methoxy groups -OCH3 is 1. The lowest BCUT2D eigenvalue weighted by molar-refractivity contribution is -0.384. The predicted molar refractivity (Wildman–Crippen MR) is 168 cm³/mol. The van der Waals surface area contributed by atoms with Gasteiger partial charge in [-0.05, 0) is 73.2 Å². The number of aliphatic imine (C=N–C) groups is 2. The number of halogens is 1. The van der Waals surface area contributed by atoms with E-state index in [1.165, 1.54) is 12.1 Å². The first-order valence-electron chi connectivity index (χ1n) is 13.5. The minimum absolute atomic E-state index is 0.0000223. The van der Waals surface area contributed by atoms with Crippen molar-refractivity contribution >= 4 is 51.8 Å². The molecule has 5 aromatic rings. The maximum atomic E-state index is 11.3. The number of hydrogen-bond donors (Lipinski definition) is 1. The van der Waals surface area contributed by atoms with E-state index in [1.807, 2.05) is 79.7 Å². The highest BCUT2D eigenvalue weighted by molar-refractivity contribution is 6.51. The molecule has 11 heteroatoms. The number of nitro benzene ring substituents is 1. The van der Waals surface area contributed by atoms with Gasteiger partial charge < -0.3 is 15.0 Å². The van der Waals surface area contributed by atoms with Crippen LogP contribution < -0.4 is 15.0 Å². The van der Waals surface area contributed by atoms with Crippen molar-refractivity contribution in [3.63, 3.8) is 0 Å². The lowest BCUT2D eigenvalue weighted by Crippen LogP contribution is -2.46. The van der Waals surface area contributed by atoms with Crippen molar-refractivity contribution in [3.8, 4) is 11.4 Å². The van der Waals surface area contributed by atoms with Gasteiger partial charge in [0.25, 0.3) is 5.69 Å². The average Bonchev–Trinajstić information content (AvgIpc) is 3.36. The molecule has 1 atom stereocenters. The van der Waals surface area contributed by atoms with Crippen molar-refractivity contribution in [1.29, 1.82) is 0 Å². The second kappa shape index (κ2) is 10.4. The number of fused-ring (bicyclic) bond motifs is 4. The van der Waals surface area contributed by atoms with E-state index in [4.69, 9.17) is 31.4 Å². The van der Waals surface area contributed by atoms with Crippen LogP contribution in [0.4, 0.5) is 28.6 Å². The van der Waals surface area contributed by atoms with E-state index in [1.54, 1.807) is 23.9 Å². The largest absolute Gasteiger partial charge is 0.497 e. The maximum absolute atomic E-state index is 11.3. The van der Waals surface area contributed by atoms with Gasteiger partial charge in [0, 0.05) is 28.4 Å². The summed E-state index contributed by atoms with van der Waals surface area (Å²) in [5, 5.41) is 20.3. The Balaban J connectivity index is 1.45. The highest BCUT2D eigenvalue weighted by Crippen LogP contribution is 2.48. The molecule has 0 fully saturated rings. The summed E-state index contributed by atoms with van der Waals surface area (Å²) in [4.78, 5) is 23.3. The van der Waals surface area contributed by atoms with Gasteiger partial charge >= 0.3 is 0 Å². The fraction of sp³-hybridized carbons (Fsp3) is 0.0938. The van der Waals surface area contributed by atoms with Gasteiger partial charge in [-0.2, -0.15) is 5.10 Å². The Bertz CT molecular complexity index is 1930. The molecular formula is C32H24ClN7O3. The normalized spacial score (nSPS) is 15.0. The highest BCUT2D eigenvalue weighted by atomic mass is 35.5. The second-order valence-electron chi connectivity index (χ2n) is 10.1. The van der Waals surface area contributed by atoms with Crippen LogP contribution in [0.15, 0.2) is 107 Å². The number of non-ortho nitro benzene ring substituents is 1. The van der Waals surface area contributed by atoms with Gasteiger partial charge in [0.2, 0.25) is 0 Å². The predicted octanol–water partition coefficient (Wildman–Crippen LogP) is 7.55. The Kier molecular flexibility index (Phi) is 6.40. The van der Waals surface area contributed by atoms with Crippen molar-refractivity contribution in [2.45, 2.75) is 13.0 Å². The molecular weight excluding hydrogens is 566 g/mol. The molecule has 1 unspecified atom stereocenters. The van der Waals surface area contributed by atoms with Gasteiger partial charge in [0.05, 0.1) is 40.8 Å². The molecule has 0 saturated heterocycles. The summed E-state index contributed by atoms with van der Waals surface area (Å²) in [6, 6.07) is 29.3. The molecule has 1 N–H and O–H groups in total. The summed E-state index contributed by atoms with van der Waals surface area (Å²) in [7, 11) is 1.63. The molecule has 212 valence electrons. The number of para-hydroxylation sites is 2. The Morgan fingerprint density at radius 1 is 0.930 bits per heavy atom. The molecule has 0 amide bonds. The number of anilines is 2. The first-order valence-corrected chi connectivity index (χ1v) is 13.9. The van der Waals surface area contributed by atoms with Crippen LogP contribution in [0.25, 0.3) is 5.69 Å². The van der Waals surface area contributed by atoms with Gasteiger partial charge in [-0.25, -0.2) is 14.7 Å². The molecule has 0 bridgehead atoms. The number of nitro groups is 1. The topological polar surface area (TPSA) is 110 Å². The smallest absolute Gasteiger partial charge is 0.269 e. The van der Waals surface area contributed by atoms with Crippen LogP contribution in [0.3, 0.4) is 0 Å². The van der Waals surface area contributed by atoms with Gasteiger partial charge in [0.15, 0.2) is 17.5 Å². The molecule has 3 heterocycles. The van der Waals surface area contributed by atoms with E-state index in [-0.39, 0.29) is 11.7 Å². The van der Waals surface area contributed by atoms with Crippen LogP contribution in [-0.4, -0.2) is 33.5 Å². The lowest BCUT2D eigenvalue weighted by atomic mass is 9.93. The van der Waals surface area contributed by atoms with E-state index < -0.39 is 4.92 Å². The van der Waals surface area contributed by atoms with Crippen molar-refractivity contribution in [2.75, 3.05) is 17.3 Å². The van der Waals surface area contributed by atoms with Crippen molar-refractivity contribution in [3.05, 3.63) is 129 Å². The molecule has 0 saturated carbocycles. The zero-order chi connectivity index (χ0) is 29.7.